The summed E-state index contributed by atoms with van der Waals surface area (Å²) in [5.41, 5.74) is 0.239. The van der Waals surface area contributed by atoms with Gasteiger partial charge < -0.3 is 10.2 Å². The van der Waals surface area contributed by atoms with Gasteiger partial charge in [-0.15, -0.1) is 10.2 Å². The third-order valence-electron chi connectivity index (χ3n) is 5.88. The summed E-state index contributed by atoms with van der Waals surface area (Å²) in [4.78, 5) is 14.9. The van der Waals surface area contributed by atoms with Crippen molar-refractivity contribution in [2.75, 3.05) is 10.2 Å². The van der Waals surface area contributed by atoms with Crippen LogP contribution < -0.4 is 10.2 Å². The number of fused-ring (bicyclic) bond motifs is 3. The van der Waals surface area contributed by atoms with E-state index in [0.29, 0.717) is 17.7 Å². The first-order valence-electron chi connectivity index (χ1n) is 10.3. The molecule has 1 aliphatic carbocycles. The summed E-state index contributed by atoms with van der Waals surface area (Å²) < 4.78 is 40.2. The minimum absolute atomic E-state index is 0.0496. The van der Waals surface area contributed by atoms with Crippen molar-refractivity contribution in [1.29, 1.82) is 0 Å². The highest BCUT2D eigenvalue weighted by atomic mass is 19.4. The third-order valence-corrected chi connectivity index (χ3v) is 5.88. The Morgan fingerprint density at radius 2 is 1.94 bits per heavy atom. The summed E-state index contributed by atoms with van der Waals surface area (Å²) in [6.07, 6.45) is 5.38. The number of hydrogen-bond donors (Lipinski definition) is 1. The molecule has 8 nitrogen and oxygen atoms in total. The number of alkyl halides is 3. The van der Waals surface area contributed by atoms with Gasteiger partial charge in [-0.1, -0.05) is 19.8 Å². The Bertz CT molecular complexity index is 1070. The lowest BCUT2D eigenvalue weighted by Crippen LogP contribution is -2.42. The third kappa shape index (κ3) is 3.47. The highest BCUT2D eigenvalue weighted by Crippen LogP contribution is 2.42. The summed E-state index contributed by atoms with van der Waals surface area (Å²) in [6.45, 7) is 2.12. The number of nitrogens with one attached hydrogen (secondary N) is 1. The van der Waals surface area contributed by atoms with Gasteiger partial charge in [-0.3, -0.25) is 4.57 Å². The minimum atomic E-state index is -4.48. The Balaban J connectivity index is 1.51. The molecule has 0 aromatic carbocycles. The highest BCUT2D eigenvalue weighted by molar-refractivity contribution is 5.65. The number of halogens is 3. The van der Waals surface area contributed by atoms with Crippen molar-refractivity contribution in [3.05, 3.63) is 42.4 Å². The average molecular weight is 430 g/mol. The van der Waals surface area contributed by atoms with Crippen molar-refractivity contribution in [2.24, 2.45) is 0 Å². The standard InChI is InChI=1S/C20H21F3N8/c1-2-14-18-29-26-11-30(18)15-10-25-19(28-17(15)31(14)13-5-3-4-6-13)27-12-7-8-16(24-9-12)20(21,22)23/h7-11,13-14H,2-6H2,1H3,(H,25,27,28)/t14-/m1/s1. The predicted octanol–water partition coefficient (Wildman–Crippen LogP) is 4.43. The number of anilines is 3. The van der Waals surface area contributed by atoms with Gasteiger partial charge >= 0.3 is 6.18 Å². The average Bonchev–Trinajstić information content (AvgIpc) is 3.44. The fourth-order valence-electron chi connectivity index (χ4n) is 4.47. The first-order valence-corrected chi connectivity index (χ1v) is 10.3. The Labute approximate surface area is 176 Å². The van der Waals surface area contributed by atoms with E-state index in [4.69, 9.17) is 4.98 Å². The fourth-order valence-corrected chi connectivity index (χ4v) is 4.47. The van der Waals surface area contributed by atoms with Crippen LogP contribution in [-0.2, 0) is 6.18 Å². The van der Waals surface area contributed by atoms with Crippen molar-refractivity contribution in [2.45, 2.75) is 57.3 Å². The maximum Gasteiger partial charge on any atom is 0.433 e. The predicted molar refractivity (Wildman–Crippen MR) is 107 cm³/mol. The lowest BCUT2D eigenvalue weighted by atomic mass is 10.0. The van der Waals surface area contributed by atoms with E-state index >= 15 is 0 Å². The second-order valence-corrected chi connectivity index (χ2v) is 7.79. The lowest BCUT2D eigenvalue weighted by Gasteiger charge is -2.40. The molecule has 1 fully saturated rings. The molecule has 2 aliphatic rings. The van der Waals surface area contributed by atoms with Crippen LogP contribution in [0.4, 0.5) is 30.6 Å². The summed E-state index contributed by atoms with van der Waals surface area (Å²) in [6, 6.07) is 2.65. The van der Waals surface area contributed by atoms with Gasteiger partial charge in [-0.25, -0.2) is 9.97 Å². The van der Waals surface area contributed by atoms with Gasteiger partial charge in [0.05, 0.1) is 24.1 Å². The van der Waals surface area contributed by atoms with E-state index < -0.39 is 11.9 Å². The SMILES string of the molecule is CC[C@@H]1c2nncn2-c2cnc(Nc3ccc(C(F)(F)F)nc3)nc2N1C1CCCC1. The molecule has 1 N–H and O–H groups in total. The van der Waals surface area contributed by atoms with Crippen molar-refractivity contribution >= 4 is 17.5 Å². The van der Waals surface area contributed by atoms with E-state index in [1.165, 1.54) is 18.9 Å². The quantitative estimate of drug-likeness (QED) is 0.655. The maximum absolute atomic E-state index is 12.8. The number of nitrogens with zero attached hydrogens (tertiary/aromatic N) is 7. The van der Waals surface area contributed by atoms with E-state index in [2.05, 4.69) is 37.3 Å². The molecule has 1 saturated carbocycles. The highest BCUT2D eigenvalue weighted by Gasteiger charge is 2.38. The molecule has 1 aliphatic heterocycles. The molecule has 0 radical (unpaired) electrons. The van der Waals surface area contributed by atoms with Crippen LogP contribution in [0.1, 0.15) is 56.6 Å². The van der Waals surface area contributed by atoms with Gasteiger partial charge in [0.2, 0.25) is 5.95 Å². The zero-order valence-corrected chi connectivity index (χ0v) is 16.8. The molecular formula is C20H21F3N8. The van der Waals surface area contributed by atoms with Crippen LogP contribution in [-0.4, -0.2) is 35.8 Å². The van der Waals surface area contributed by atoms with E-state index in [1.54, 1.807) is 12.5 Å². The topological polar surface area (TPSA) is 84.7 Å². The van der Waals surface area contributed by atoms with E-state index in [-0.39, 0.29) is 6.04 Å². The second-order valence-electron chi connectivity index (χ2n) is 7.79. The normalized spacial score (nSPS) is 18.7. The van der Waals surface area contributed by atoms with Crippen LogP contribution in [0.3, 0.4) is 0 Å². The largest absolute Gasteiger partial charge is 0.433 e. The van der Waals surface area contributed by atoms with Crippen molar-refractivity contribution in [3.8, 4) is 5.69 Å². The summed E-state index contributed by atoms with van der Waals surface area (Å²) in [5, 5.41) is 11.4. The Morgan fingerprint density at radius 1 is 1.13 bits per heavy atom. The second kappa shape index (κ2) is 7.47. The Hall–Kier alpha value is -3.24. The number of hydrogen-bond acceptors (Lipinski definition) is 7. The molecule has 0 saturated heterocycles. The van der Waals surface area contributed by atoms with Gasteiger partial charge in [0, 0.05) is 6.04 Å². The van der Waals surface area contributed by atoms with Crippen LogP contribution in [0.15, 0.2) is 30.9 Å². The molecule has 3 aromatic rings. The molecule has 1 atom stereocenters. The first kappa shape index (κ1) is 19.7. The lowest BCUT2D eigenvalue weighted by molar-refractivity contribution is -0.141. The van der Waals surface area contributed by atoms with Crippen molar-refractivity contribution < 1.29 is 13.2 Å². The molecule has 0 spiro atoms. The monoisotopic (exact) mass is 430 g/mol. The maximum atomic E-state index is 12.8. The van der Waals surface area contributed by atoms with E-state index in [0.717, 1.165) is 48.9 Å². The molecule has 11 heteroatoms. The molecule has 0 unspecified atom stereocenters. The number of rotatable bonds is 4. The molecule has 5 rings (SSSR count). The van der Waals surface area contributed by atoms with Crippen LogP contribution in [0.2, 0.25) is 0 Å². The molecule has 0 amide bonds. The molecular weight excluding hydrogens is 409 g/mol. The van der Waals surface area contributed by atoms with Crippen LogP contribution in [0, 0.1) is 0 Å². The van der Waals surface area contributed by atoms with Gasteiger partial charge in [0.25, 0.3) is 0 Å². The van der Waals surface area contributed by atoms with Gasteiger partial charge in [0.1, 0.15) is 17.7 Å². The van der Waals surface area contributed by atoms with E-state index in [9.17, 15) is 13.2 Å². The molecule has 0 bridgehead atoms. The van der Waals surface area contributed by atoms with Crippen LogP contribution in [0.25, 0.3) is 5.69 Å². The van der Waals surface area contributed by atoms with Crippen molar-refractivity contribution in [1.82, 2.24) is 29.7 Å². The zero-order chi connectivity index (χ0) is 21.6. The molecule has 31 heavy (non-hydrogen) atoms. The molecule has 162 valence electrons. The smallest absolute Gasteiger partial charge is 0.341 e. The summed E-state index contributed by atoms with van der Waals surface area (Å²) >= 11 is 0. The van der Waals surface area contributed by atoms with Gasteiger partial charge in [0.15, 0.2) is 11.6 Å². The fraction of sp³-hybridized carbons (Fsp3) is 0.450. The zero-order valence-electron chi connectivity index (χ0n) is 16.8. The van der Waals surface area contributed by atoms with E-state index in [1.807, 2.05) is 4.57 Å². The molecule has 3 aromatic heterocycles. The Morgan fingerprint density at radius 3 is 2.61 bits per heavy atom. The van der Waals surface area contributed by atoms with Crippen LogP contribution >= 0.6 is 0 Å². The van der Waals surface area contributed by atoms with Gasteiger partial charge in [-0.2, -0.15) is 18.2 Å². The minimum Gasteiger partial charge on any atom is -0.341 e. The van der Waals surface area contributed by atoms with Crippen LogP contribution in [0.5, 0.6) is 0 Å². The van der Waals surface area contributed by atoms with Crippen molar-refractivity contribution in [3.63, 3.8) is 0 Å². The van der Waals surface area contributed by atoms with Gasteiger partial charge in [-0.05, 0) is 31.4 Å². The Kier molecular flexibility index (Phi) is 4.75. The molecule has 4 heterocycles. The number of aromatic nitrogens is 6. The first-order chi connectivity index (χ1) is 15.0. The summed E-state index contributed by atoms with van der Waals surface area (Å²) in [5.74, 6) is 1.95. The number of pyridine rings is 1. The summed E-state index contributed by atoms with van der Waals surface area (Å²) in [7, 11) is 0.